The molecule has 2 bridgehead atoms. The van der Waals surface area contributed by atoms with Gasteiger partial charge >= 0.3 is 0 Å². The molecule has 2 fully saturated rings. The molecule has 1 aromatic carbocycles. The number of nitrogens with one attached hydrogen (secondary N) is 2. The van der Waals surface area contributed by atoms with Crippen LogP contribution < -0.4 is 14.8 Å². The van der Waals surface area contributed by atoms with Crippen molar-refractivity contribution in [2.75, 3.05) is 14.2 Å². The molecule has 0 aliphatic heterocycles. The van der Waals surface area contributed by atoms with E-state index >= 15 is 0 Å². The Labute approximate surface area is 190 Å². The van der Waals surface area contributed by atoms with Gasteiger partial charge in [0.15, 0.2) is 0 Å². The lowest BCUT2D eigenvalue weighted by atomic mass is 9.63. The molecule has 0 heterocycles. The van der Waals surface area contributed by atoms with Gasteiger partial charge in [0.2, 0.25) is 0 Å². The number of nitro benzene ring substituents is 1. The molecule has 2 N–H and O–H groups in total. The Hall–Kier alpha value is -1.64. The lowest BCUT2D eigenvalue weighted by Crippen LogP contribution is -2.47. The topological polar surface area (TPSA) is 93.5 Å². The standard InChI is InChI=1S/C12H23N.C11H14N2O4S/c1-8-4-10-6-9(2)12(13-3)11(5-8)7-10;1-11(2,7-14)12-18-10-5-4-8(13(15)16)6-9(10)17-3/h8-13H,4-7H2,1-3H3;4-7,12H,1-3H3. The van der Waals surface area contributed by atoms with Crippen LogP contribution in [0.2, 0.25) is 0 Å². The van der Waals surface area contributed by atoms with Gasteiger partial charge in [-0.1, -0.05) is 13.8 Å². The number of benzene rings is 1. The monoisotopic (exact) mass is 451 g/mol. The van der Waals surface area contributed by atoms with Gasteiger partial charge in [0.25, 0.3) is 5.69 Å². The SMILES string of the molecule is CNC1C(C)CC2CC(C)CC1C2.COc1cc([N+](=O)[O-])ccc1SNC(C)(C)C=O. The molecule has 31 heavy (non-hydrogen) atoms. The highest BCUT2D eigenvalue weighted by Gasteiger charge is 2.38. The number of non-ortho nitro benzene ring substituents is 1. The fourth-order valence-corrected chi connectivity index (χ4v) is 5.81. The number of aldehydes is 1. The number of carbonyl (C=O) groups is 1. The molecule has 3 rings (SSSR count). The molecule has 2 aliphatic rings. The molecule has 0 spiro atoms. The van der Waals surface area contributed by atoms with E-state index in [9.17, 15) is 14.9 Å². The molecule has 7 nitrogen and oxygen atoms in total. The summed E-state index contributed by atoms with van der Waals surface area (Å²) in [5, 5.41) is 14.2. The first-order valence-corrected chi connectivity index (χ1v) is 11.8. The van der Waals surface area contributed by atoms with Gasteiger partial charge in [-0.2, -0.15) is 0 Å². The summed E-state index contributed by atoms with van der Waals surface area (Å²) < 4.78 is 8.03. The Kier molecular flexibility index (Phi) is 9.33. The Balaban J connectivity index is 0.000000231. The van der Waals surface area contributed by atoms with Crippen LogP contribution in [0.15, 0.2) is 23.1 Å². The average molecular weight is 452 g/mol. The number of hydrogen-bond acceptors (Lipinski definition) is 7. The second-order valence-electron chi connectivity index (χ2n) is 9.60. The van der Waals surface area contributed by atoms with Crippen LogP contribution in [0.4, 0.5) is 5.69 Å². The lowest BCUT2D eigenvalue weighted by molar-refractivity contribution is -0.385. The number of nitro groups is 1. The minimum Gasteiger partial charge on any atom is -0.495 e. The summed E-state index contributed by atoms with van der Waals surface area (Å²) >= 11 is 1.19. The number of rotatable bonds is 7. The van der Waals surface area contributed by atoms with Crippen LogP contribution in [-0.4, -0.2) is 36.9 Å². The molecule has 8 heteroatoms. The molecule has 2 saturated carbocycles. The van der Waals surface area contributed by atoms with E-state index in [4.69, 9.17) is 4.74 Å². The normalized spacial score (nSPS) is 27.6. The van der Waals surface area contributed by atoms with Crippen molar-refractivity contribution in [1.29, 1.82) is 0 Å². The fraction of sp³-hybridized carbons (Fsp3) is 0.696. The van der Waals surface area contributed by atoms with Crippen molar-refractivity contribution in [3.05, 3.63) is 28.3 Å². The largest absolute Gasteiger partial charge is 0.495 e. The zero-order valence-electron chi connectivity index (χ0n) is 19.5. The van der Waals surface area contributed by atoms with Crippen molar-refractivity contribution in [2.24, 2.45) is 23.7 Å². The maximum absolute atomic E-state index is 10.7. The Bertz CT molecular complexity index is 754. The van der Waals surface area contributed by atoms with E-state index in [1.165, 1.54) is 56.9 Å². The smallest absolute Gasteiger partial charge is 0.273 e. The van der Waals surface area contributed by atoms with Crippen LogP contribution in [0, 0.1) is 33.8 Å². The van der Waals surface area contributed by atoms with E-state index in [0.717, 1.165) is 36.0 Å². The molecule has 1 aromatic rings. The maximum atomic E-state index is 10.7. The second kappa shape index (κ2) is 11.3. The molecule has 5 unspecified atom stereocenters. The molecule has 0 saturated heterocycles. The first-order chi connectivity index (χ1) is 14.6. The molecule has 174 valence electrons. The van der Waals surface area contributed by atoms with Gasteiger partial charge in [-0.15, -0.1) is 0 Å². The highest BCUT2D eigenvalue weighted by Crippen LogP contribution is 2.44. The summed E-state index contributed by atoms with van der Waals surface area (Å²) in [6.45, 7) is 8.31. The molecule has 0 aromatic heterocycles. The third-order valence-corrected chi connectivity index (χ3v) is 7.50. The second-order valence-corrected chi connectivity index (χ2v) is 10.4. The predicted molar refractivity (Wildman–Crippen MR) is 125 cm³/mol. The van der Waals surface area contributed by atoms with Crippen LogP contribution in [0.3, 0.4) is 0 Å². The van der Waals surface area contributed by atoms with E-state index in [-0.39, 0.29) is 5.69 Å². The maximum Gasteiger partial charge on any atom is 0.273 e. The van der Waals surface area contributed by atoms with Crippen molar-refractivity contribution in [3.63, 3.8) is 0 Å². The van der Waals surface area contributed by atoms with Gasteiger partial charge in [-0.05, 0) is 88.3 Å². The molecule has 5 atom stereocenters. The van der Waals surface area contributed by atoms with Gasteiger partial charge in [-0.3, -0.25) is 10.1 Å². The van der Waals surface area contributed by atoms with Gasteiger partial charge in [0, 0.05) is 12.1 Å². The number of ether oxygens (including phenoxy) is 1. The van der Waals surface area contributed by atoms with Crippen LogP contribution in [0.5, 0.6) is 5.75 Å². The van der Waals surface area contributed by atoms with Gasteiger partial charge in [-0.25, -0.2) is 4.72 Å². The number of fused-ring (bicyclic) bond motifs is 2. The summed E-state index contributed by atoms with van der Waals surface area (Å²) in [7, 11) is 3.58. The zero-order chi connectivity index (χ0) is 23.2. The zero-order valence-corrected chi connectivity index (χ0v) is 20.3. The van der Waals surface area contributed by atoms with E-state index < -0.39 is 10.5 Å². The highest BCUT2D eigenvalue weighted by atomic mass is 32.2. The first-order valence-electron chi connectivity index (χ1n) is 11.0. The molecule has 2 aliphatic carbocycles. The molecule has 0 amide bonds. The van der Waals surface area contributed by atoms with Gasteiger partial charge < -0.3 is 14.8 Å². The van der Waals surface area contributed by atoms with E-state index in [0.29, 0.717) is 10.6 Å². The fourth-order valence-electron chi connectivity index (χ4n) is 5.01. The van der Waals surface area contributed by atoms with Crippen molar-refractivity contribution in [3.8, 4) is 5.75 Å². The number of carbonyl (C=O) groups excluding carboxylic acids is 1. The minimum atomic E-state index is -0.683. The Morgan fingerprint density at radius 1 is 1.23 bits per heavy atom. The lowest BCUT2D eigenvalue weighted by Gasteiger charge is -2.46. The average Bonchev–Trinajstić information content (AvgIpc) is 2.72. The third-order valence-electron chi connectivity index (χ3n) is 6.31. The molecular formula is C23H37N3O4S. The third kappa shape index (κ3) is 7.19. The van der Waals surface area contributed by atoms with E-state index in [1.807, 2.05) is 0 Å². The Morgan fingerprint density at radius 2 is 1.94 bits per heavy atom. The van der Waals surface area contributed by atoms with Crippen LogP contribution in [0.1, 0.15) is 53.4 Å². The van der Waals surface area contributed by atoms with Crippen LogP contribution in [0.25, 0.3) is 0 Å². The summed E-state index contributed by atoms with van der Waals surface area (Å²) in [6, 6.07) is 5.12. The first kappa shape index (κ1) is 25.6. The molecule has 0 radical (unpaired) electrons. The number of nitrogens with zero attached hydrogens (tertiary/aromatic N) is 1. The van der Waals surface area contributed by atoms with Crippen molar-refractivity contribution in [2.45, 2.75) is 69.9 Å². The quantitative estimate of drug-likeness (QED) is 0.265. The van der Waals surface area contributed by atoms with Crippen molar-refractivity contribution >= 4 is 23.9 Å². The van der Waals surface area contributed by atoms with Gasteiger partial charge in [0.1, 0.15) is 12.0 Å². The van der Waals surface area contributed by atoms with E-state index in [1.54, 1.807) is 19.9 Å². The van der Waals surface area contributed by atoms with Crippen LogP contribution in [-0.2, 0) is 4.79 Å². The van der Waals surface area contributed by atoms with E-state index in [2.05, 4.69) is 30.9 Å². The minimum absolute atomic E-state index is 0.0363. The summed E-state index contributed by atoms with van der Waals surface area (Å²) in [5.41, 5.74) is -0.719. The number of hydrogen-bond donors (Lipinski definition) is 2. The van der Waals surface area contributed by atoms with Crippen molar-refractivity contribution in [1.82, 2.24) is 10.0 Å². The summed E-state index contributed by atoms with van der Waals surface area (Å²) in [5.74, 6) is 4.30. The Morgan fingerprint density at radius 3 is 2.52 bits per heavy atom. The van der Waals surface area contributed by atoms with Gasteiger partial charge in [0.05, 0.1) is 28.5 Å². The van der Waals surface area contributed by atoms with Crippen molar-refractivity contribution < 1.29 is 14.5 Å². The summed E-state index contributed by atoms with van der Waals surface area (Å²) in [6.07, 6.45) is 6.72. The predicted octanol–water partition coefficient (Wildman–Crippen LogP) is 4.84. The number of methoxy groups -OCH3 is 1. The summed E-state index contributed by atoms with van der Waals surface area (Å²) in [4.78, 5) is 21.6. The molecular weight excluding hydrogens is 414 g/mol. The van der Waals surface area contributed by atoms with Crippen LogP contribution >= 0.6 is 11.9 Å². The highest BCUT2D eigenvalue weighted by molar-refractivity contribution is 7.97.